The normalized spacial score (nSPS) is 15.7. The molecule has 2 N–H and O–H groups in total. The van der Waals surface area contributed by atoms with Crippen molar-refractivity contribution in [2.24, 2.45) is 5.73 Å². The molecular weight excluding hydrogens is 177 g/mol. The van der Waals surface area contributed by atoms with Gasteiger partial charge in [0.2, 0.25) is 0 Å². The van der Waals surface area contributed by atoms with Gasteiger partial charge in [-0.05, 0) is 50.3 Å². The second-order valence-electron chi connectivity index (χ2n) is 4.68. The van der Waals surface area contributed by atoms with Crippen LogP contribution >= 0.6 is 0 Å². The largest absolute Gasteiger partial charge is 0.322 e. The van der Waals surface area contributed by atoms with Crippen molar-refractivity contribution >= 4 is 0 Å². The van der Waals surface area contributed by atoms with E-state index in [4.69, 9.17) is 5.73 Å². The Bertz CT molecular complexity index is 363. The standard InChI is InChI=1S/C12H16FN/c1-12(2,14)10-6-8-4-3-5-9(8)7-11(10)13/h6-7H,3-5,14H2,1-2H3. The van der Waals surface area contributed by atoms with Crippen LogP contribution in [-0.2, 0) is 18.4 Å². The number of rotatable bonds is 1. The van der Waals surface area contributed by atoms with Crippen molar-refractivity contribution in [2.75, 3.05) is 0 Å². The molecule has 0 heterocycles. The van der Waals surface area contributed by atoms with Crippen LogP contribution in [0, 0.1) is 5.82 Å². The molecule has 0 bridgehead atoms. The average Bonchev–Trinajstić information content (AvgIpc) is 2.47. The van der Waals surface area contributed by atoms with Crippen molar-refractivity contribution in [1.82, 2.24) is 0 Å². The smallest absolute Gasteiger partial charge is 0.128 e. The van der Waals surface area contributed by atoms with E-state index in [0.29, 0.717) is 5.56 Å². The third kappa shape index (κ3) is 1.55. The number of nitrogens with two attached hydrogens (primary N) is 1. The maximum atomic E-state index is 13.7. The summed E-state index contributed by atoms with van der Waals surface area (Å²) in [6, 6.07) is 3.60. The minimum absolute atomic E-state index is 0.154. The Morgan fingerprint density at radius 3 is 2.36 bits per heavy atom. The molecule has 0 aromatic heterocycles. The van der Waals surface area contributed by atoms with Gasteiger partial charge in [-0.1, -0.05) is 6.07 Å². The first kappa shape index (κ1) is 9.66. The second-order valence-corrected chi connectivity index (χ2v) is 4.68. The summed E-state index contributed by atoms with van der Waals surface area (Å²) >= 11 is 0. The van der Waals surface area contributed by atoms with Crippen molar-refractivity contribution in [3.63, 3.8) is 0 Å². The lowest BCUT2D eigenvalue weighted by molar-refractivity contribution is 0.500. The molecule has 1 aromatic rings. The molecule has 2 heteroatoms. The lowest BCUT2D eigenvalue weighted by atomic mass is 9.92. The molecule has 0 spiro atoms. The summed E-state index contributed by atoms with van der Waals surface area (Å²) in [5.74, 6) is -0.154. The quantitative estimate of drug-likeness (QED) is 0.728. The Hall–Kier alpha value is -0.890. The van der Waals surface area contributed by atoms with E-state index < -0.39 is 5.54 Å². The third-order valence-electron chi connectivity index (χ3n) is 2.88. The highest BCUT2D eigenvalue weighted by Crippen LogP contribution is 2.29. The molecule has 76 valence electrons. The zero-order valence-electron chi connectivity index (χ0n) is 8.73. The Morgan fingerprint density at radius 2 is 1.79 bits per heavy atom. The van der Waals surface area contributed by atoms with E-state index >= 15 is 0 Å². The minimum atomic E-state index is -0.582. The molecule has 0 saturated heterocycles. The van der Waals surface area contributed by atoms with Crippen molar-refractivity contribution < 1.29 is 4.39 Å². The molecule has 0 radical (unpaired) electrons. The summed E-state index contributed by atoms with van der Waals surface area (Å²) in [6.45, 7) is 3.68. The topological polar surface area (TPSA) is 26.0 Å². The maximum absolute atomic E-state index is 13.7. The fourth-order valence-electron chi connectivity index (χ4n) is 2.09. The molecule has 0 amide bonds. The number of halogens is 1. The van der Waals surface area contributed by atoms with Crippen LogP contribution in [0.25, 0.3) is 0 Å². The van der Waals surface area contributed by atoms with Gasteiger partial charge in [0.05, 0.1) is 0 Å². The molecule has 0 aliphatic heterocycles. The maximum Gasteiger partial charge on any atom is 0.128 e. The summed E-state index contributed by atoms with van der Waals surface area (Å²) in [4.78, 5) is 0. The number of hydrogen-bond donors (Lipinski definition) is 1. The molecule has 0 saturated carbocycles. The summed E-state index contributed by atoms with van der Waals surface area (Å²) in [5.41, 5.74) is 8.41. The highest BCUT2D eigenvalue weighted by Gasteiger charge is 2.22. The molecule has 0 atom stereocenters. The molecular formula is C12H16FN. The van der Waals surface area contributed by atoms with Crippen LogP contribution in [0.5, 0.6) is 0 Å². The van der Waals surface area contributed by atoms with Gasteiger partial charge in [-0.15, -0.1) is 0 Å². The van der Waals surface area contributed by atoms with Gasteiger partial charge in [0.25, 0.3) is 0 Å². The number of hydrogen-bond acceptors (Lipinski definition) is 1. The van der Waals surface area contributed by atoms with Gasteiger partial charge >= 0.3 is 0 Å². The Kier molecular flexibility index (Phi) is 2.11. The molecule has 14 heavy (non-hydrogen) atoms. The minimum Gasteiger partial charge on any atom is -0.322 e. The van der Waals surface area contributed by atoms with Crippen molar-refractivity contribution in [1.29, 1.82) is 0 Å². The van der Waals surface area contributed by atoms with E-state index in [1.807, 2.05) is 19.9 Å². The van der Waals surface area contributed by atoms with Crippen molar-refractivity contribution in [3.05, 3.63) is 34.6 Å². The van der Waals surface area contributed by atoms with Crippen LogP contribution < -0.4 is 5.73 Å². The third-order valence-corrected chi connectivity index (χ3v) is 2.88. The van der Waals surface area contributed by atoms with Gasteiger partial charge in [0.15, 0.2) is 0 Å². The first-order chi connectivity index (χ1) is 6.48. The monoisotopic (exact) mass is 193 g/mol. The molecule has 1 aliphatic carbocycles. The van der Waals surface area contributed by atoms with E-state index in [1.54, 1.807) is 6.07 Å². The van der Waals surface area contributed by atoms with Gasteiger partial charge in [0.1, 0.15) is 5.82 Å². The van der Waals surface area contributed by atoms with E-state index in [1.165, 1.54) is 5.56 Å². The van der Waals surface area contributed by atoms with E-state index in [0.717, 1.165) is 24.8 Å². The fraction of sp³-hybridized carbons (Fsp3) is 0.500. The van der Waals surface area contributed by atoms with Gasteiger partial charge in [-0.25, -0.2) is 4.39 Å². The summed E-state index contributed by atoms with van der Waals surface area (Å²) in [6.07, 6.45) is 3.22. The molecule has 1 aromatic carbocycles. The summed E-state index contributed by atoms with van der Waals surface area (Å²) in [5, 5.41) is 0. The molecule has 1 aliphatic rings. The molecule has 2 rings (SSSR count). The summed E-state index contributed by atoms with van der Waals surface area (Å²) < 4.78 is 13.7. The van der Waals surface area contributed by atoms with E-state index in [2.05, 4.69) is 0 Å². The van der Waals surface area contributed by atoms with Gasteiger partial charge in [0, 0.05) is 11.1 Å². The van der Waals surface area contributed by atoms with Crippen molar-refractivity contribution in [3.8, 4) is 0 Å². The van der Waals surface area contributed by atoms with E-state index in [-0.39, 0.29) is 5.82 Å². The number of fused-ring (bicyclic) bond motifs is 1. The second kappa shape index (κ2) is 3.06. The average molecular weight is 193 g/mol. The predicted octanol–water partition coefficient (Wildman–Crippen LogP) is 2.51. The zero-order chi connectivity index (χ0) is 10.3. The Morgan fingerprint density at radius 1 is 1.21 bits per heavy atom. The van der Waals surface area contributed by atoms with Crippen LogP contribution in [0.4, 0.5) is 4.39 Å². The number of aryl methyl sites for hydroxylation is 2. The first-order valence-corrected chi connectivity index (χ1v) is 5.09. The van der Waals surface area contributed by atoms with Crippen LogP contribution in [0.1, 0.15) is 37.0 Å². The fourth-order valence-corrected chi connectivity index (χ4v) is 2.09. The lowest BCUT2D eigenvalue weighted by Gasteiger charge is -2.21. The van der Waals surface area contributed by atoms with Gasteiger partial charge < -0.3 is 5.73 Å². The highest BCUT2D eigenvalue weighted by atomic mass is 19.1. The van der Waals surface area contributed by atoms with E-state index in [9.17, 15) is 4.39 Å². The lowest BCUT2D eigenvalue weighted by Crippen LogP contribution is -2.30. The van der Waals surface area contributed by atoms with Crippen molar-refractivity contribution in [2.45, 2.75) is 38.6 Å². The van der Waals surface area contributed by atoms with Crippen LogP contribution in [-0.4, -0.2) is 0 Å². The van der Waals surface area contributed by atoms with Crippen LogP contribution in [0.15, 0.2) is 12.1 Å². The first-order valence-electron chi connectivity index (χ1n) is 5.09. The molecule has 0 fully saturated rings. The van der Waals surface area contributed by atoms with Gasteiger partial charge in [-0.2, -0.15) is 0 Å². The van der Waals surface area contributed by atoms with Crippen LogP contribution in [0.3, 0.4) is 0 Å². The predicted molar refractivity (Wildman–Crippen MR) is 55.6 cm³/mol. The highest BCUT2D eigenvalue weighted by molar-refractivity contribution is 5.38. The van der Waals surface area contributed by atoms with Gasteiger partial charge in [-0.3, -0.25) is 0 Å². The number of benzene rings is 1. The molecule has 1 nitrogen and oxygen atoms in total. The Balaban J connectivity index is 2.53. The SMILES string of the molecule is CC(C)(N)c1cc2c(cc1F)CCC2. The Labute approximate surface area is 84.1 Å². The molecule has 0 unspecified atom stereocenters. The summed E-state index contributed by atoms with van der Waals surface area (Å²) in [7, 11) is 0. The zero-order valence-corrected chi connectivity index (χ0v) is 8.73. The van der Waals surface area contributed by atoms with Crippen LogP contribution in [0.2, 0.25) is 0 Å².